The largest absolute Gasteiger partial charge is 0.422 e. The van der Waals surface area contributed by atoms with Gasteiger partial charge in [-0.2, -0.15) is 10.1 Å². The van der Waals surface area contributed by atoms with E-state index in [0.717, 1.165) is 31.8 Å². The van der Waals surface area contributed by atoms with E-state index in [1.165, 1.54) is 10.7 Å². The van der Waals surface area contributed by atoms with E-state index in [1.54, 1.807) is 25.2 Å². The fraction of sp³-hybridized carbons (Fsp3) is 0.333. The minimum Gasteiger partial charge on any atom is -0.422 e. The van der Waals surface area contributed by atoms with E-state index < -0.39 is 11.5 Å². The van der Waals surface area contributed by atoms with Crippen molar-refractivity contribution in [2.24, 2.45) is 7.05 Å². The Labute approximate surface area is 161 Å². The monoisotopic (exact) mass is 389 g/mol. The summed E-state index contributed by atoms with van der Waals surface area (Å²) < 4.78 is 6.74. The van der Waals surface area contributed by atoms with Crippen LogP contribution in [0.4, 0.5) is 5.95 Å². The lowest BCUT2D eigenvalue weighted by molar-refractivity contribution is 0.102. The van der Waals surface area contributed by atoms with Crippen LogP contribution >= 0.6 is 12.4 Å². The zero-order valence-corrected chi connectivity index (χ0v) is 15.6. The zero-order valence-electron chi connectivity index (χ0n) is 14.8. The molecule has 9 heteroatoms. The van der Waals surface area contributed by atoms with Gasteiger partial charge < -0.3 is 9.73 Å². The van der Waals surface area contributed by atoms with Crippen molar-refractivity contribution in [3.63, 3.8) is 0 Å². The normalized spacial score (nSPS) is 14.7. The highest BCUT2D eigenvalue weighted by molar-refractivity contribution is 6.04. The minimum absolute atomic E-state index is 0. The van der Waals surface area contributed by atoms with Gasteiger partial charge in [0.05, 0.1) is 0 Å². The molecule has 0 radical (unpaired) electrons. The van der Waals surface area contributed by atoms with Gasteiger partial charge in [0.1, 0.15) is 11.1 Å². The number of aromatic nitrogens is 3. The van der Waals surface area contributed by atoms with Crippen LogP contribution in [-0.4, -0.2) is 33.8 Å². The summed E-state index contributed by atoms with van der Waals surface area (Å²) in [4.78, 5) is 29.1. The predicted molar refractivity (Wildman–Crippen MR) is 104 cm³/mol. The van der Waals surface area contributed by atoms with Gasteiger partial charge >= 0.3 is 5.63 Å². The summed E-state index contributed by atoms with van der Waals surface area (Å²) >= 11 is 0. The molecule has 3 aromatic rings. The highest BCUT2D eigenvalue weighted by Crippen LogP contribution is 2.23. The first-order valence-electron chi connectivity index (χ1n) is 8.58. The third-order valence-electron chi connectivity index (χ3n) is 4.60. The molecule has 1 fully saturated rings. The van der Waals surface area contributed by atoms with E-state index in [0.29, 0.717) is 16.9 Å². The van der Waals surface area contributed by atoms with Crippen molar-refractivity contribution in [2.45, 2.75) is 18.8 Å². The van der Waals surface area contributed by atoms with Crippen molar-refractivity contribution < 1.29 is 9.21 Å². The fourth-order valence-electron chi connectivity index (χ4n) is 3.16. The molecule has 0 bridgehead atoms. The number of hydrogen-bond acceptors (Lipinski definition) is 6. The Morgan fingerprint density at radius 2 is 2.04 bits per heavy atom. The number of aryl methyl sites for hydroxylation is 1. The molecule has 2 aromatic heterocycles. The summed E-state index contributed by atoms with van der Waals surface area (Å²) in [6.45, 7) is 1.87. The Bertz CT molecular complexity index is 1020. The lowest BCUT2D eigenvalue weighted by Gasteiger charge is -2.19. The van der Waals surface area contributed by atoms with Crippen LogP contribution in [0.15, 0.2) is 39.5 Å². The van der Waals surface area contributed by atoms with E-state index in [4.69, 9.17) is 4.42 Å². The number of amides is 1. The van der Waals surface area contributed by atoms with E-state index in [9.17, 15) is 9.59 Å². The molecule has 0 unspecified atom stereocenters. The number of rotatable bonds is 3. The van der Waals surface area contributed by atoms with E-state index in [-0.39, 0.29) is 23.9 Å². The Morgan fingerprint density at radius 1 is 1.30 bits per heavy atom. The first-order valence-corrected chi connectivity index (χ1v) is 8.58. The van der Waals surface area contributed by atoms with Crippen LogP contribution in [0, 0.1) is 0 Å². The number of nitrogens with zero attached hydrogens (tertiary/aromatic N) is 3. The number of fused-ring (bicyclic) bond motifs is 1. The van der Waals surface area contributed by atoms with Crippen molar-refractivity contribution >= 4 is 35.2 Å². The lowest BCUT2D eigenvalue weighted by Crippen LogP contribution is -2.27. The molecule has 8 nitrogen and oxygen atoms in total. The lowest BCUT2D eigenvalue weighted by atomic mass is 9.98. The topological polar surface area (TPSA) is 102 Å². The number of benzene rings is 1. The van der Waals surface area contributed by atoms with E-state index in [1.807, 2.05) is 6.07 Å². The number of carbonyl (C=O) groups is 1. The maximum atomic E-state index is 12.6. The second kappa shape index (κ2) is 7.89. The molecule has 4 rings (SSSR count). The van der Waals surface area contributed by atoms with Crippen LogP contribution in [-0.2, 0) is 7.05 Å². The average Bonchev–Trinajstić information content (AvgIpc) is 3.02. The second-order valence-corrected chi connectivity index (χ2v) is 6.38. The van der Waals surface area contributed by atoms with Crippen LogP contribution in [0.2, 0.25) is 0 Å². The molecule has 0 spiro atoms. The molecule has 1 aliphatic rings. The first-order chi connectivity index (χ1) is 12.6. The van der Waals surface area contributed by atoms with Gasteiger partial charge in [-0.1, -0.05) is 18.2 Å². The van der Waals surface area contributed by atoms with Gasteiger partial charge in [0.15, 0.2) is 5.82 Å². The molecule has 2 N–H and O–H groups in total. The van der Waals surface area contributed by atoms with Crippen LogP contribution in [0.1, 0.15) is 34.9 Å². The molecular formula is C18H20ClN5O3. The SMILES string of the molecule is Cl.Cn1nc(C2CCNCC2)nc1NC(=O)c1cc2ccccc2oc1=O. The molecule has 1 aromatic carbocycles. The van der Waals surface area contributed by atoms with Gasteiger partial charge in [-0.25, -0.2) is 9.48 Å². The van der Waals surface area contributed by atoms with Crippen LogP contribution in [0.25, 0.3) is 11.0 Å². The highest BCUT2D eigenvalue weighted by Gasteiger charge is 2.22. The van der Waals surface area contributed by atoms with Gasteiger partial charge in [0, 0.05) is 18.4 Å². The van der Waals surface area contributed by atoms with Gasteiger partial charge in [0.2, 0.25) is 5.95 Å². The van der Waals surface area contributed by atoms with Gasteiger partial charge in [-0.05, 0) is 38.1 Å². The maximum absolute atomic E-state index is 12.6. The number of hydrogen-bond donors (Lipinski definition) is 2. The predicted octanol–water partition coefficient (Wildman–Crippen LogP) is 2.06. The van der Waals surface area contributed by atoms with E-state index >= 15 is 0 Å². The summed E-state index contributed by atoms with van der Waals surface area (Å²) in [5.41, 5.74) is -0.294. The molecule has 1 amide bonds. The molecule has 0 aliphatic carbocycles. The van der Waals surface area contributed by atoms with Gasteiger partial charge in [-0.3, -0.25) is 10.1 Å². The first kappa shape index (κ1) is 19.1. The third-order valence-corrected chi connectivity index (χ3v) is 4.60. The standard InChI is InChI=1S/C18H19N5O3.ClH/c1-23-18(20-15(22-23)11-6-8-19-9-7-11)21-16(24)13-10-12-4-2-3-5-14(12)26-17(13)25;/h2-5,10-11,19H,6-9H2,1H3,(H,20,21,22,24);1H. The molecule has 1 aliphatic heterocycles. The summed E-state index contributed by atoms with van der Waals surface area (Å²) in [6.07, 6.45) is 1.93. The highest BCUT2D eigenvalue weighted by atomic mass is 35.5. The molecule has 1 saturated heterocycles. The summed E-state index contributed by atoms with van der Waals surface area (Å²) in [6, 6.07) is 8.59. The smallest absolute Gasteiger partial charge is 0.349 e. The number of piperidine rings is 1. The molecule has 0 saturated carbocycles. The molecule has 27 heavy (non-hydrogen) atoms. The Morgan fingerprint density at radius 3 is 2.81 bits per heavy atom. The summed E-state index contributed by atoms with van der Waals surface area (Å²) in [5, 5.41) is 11.1. The van der Waals surface area contributed by atoms with Crippen LogP contribution in [0.5, 0.6) is 0 Å². The van der Waals surface area contributed by atoms with Crippen LogP contribution < -0.4 is 16.3 Å². The molecule has 142 valence electrons. The van der Waals surface area contributed by atoms with Gasteiger partial charge in [-0.15, -0.1) is 12.4 Å². The molecule has 3 heterocycles. The number of halogens is 1. The quantitative estimate of drug-likeness (QED) is 0.665. The Kier molecular flexibility index (Phi) is 5.57. The maximum Gasteiger partial charge on any atom is 0.349 e. The van der Waals surface area contributed by atoms with Crippen molar-refractivity contribution in [3.05, 3.63) is 52.1 Å². The second-order valence-electron chi connectivity index (χ2n) is 6.38. The molecule has 0 atom stereocenters. The van der Waals surface area contributed by atoms with Crippen molar-refractivity contribution in [1.29, 1.82) is 0 Å². The number of nitrogens with one attached hydrogen (secondary N) is 2. The summed E-state index contributed by atoms with van der Waals surface area (Å²) in [7, 11) is 1.72. The third kappa shape index (κ3) is 3.86. The Hall–Kier alpha value is -2.71. The van der Waals surface area contributed by atoms with Crippen molar-refractivity contribution in [2.75, 3.05) is 18.4 Å². The fourth-order valence-corrected chi connectivity index (χ4v) is 3.16. The summed E-state index contributed by atoms with van der Waals surface area (Å²) in [5.74, 6) is 0.752. The van der Waals surface area contributed by atoms with Crippen LogP contribution in [0.3, 0.4) is 0 Å². The number of para-hydroxylation sites is 1. The van der Waals surface area contributed by atoms with Gasteiger partial charge in [0.25, 0.3) is 5.91 Å². The Balaban J connectivity index is 0.00000210. The van der Waals surface area contributed by atoms with Crippen molar-refractivity contribution in [1.82, 2.24) is 20.1 Å². The molecular weight excluding hydrogens is 370 g/mol. The minimum atomic E-state index is -0.679. The van der Waals surface area contributed by atoms with E-state index in [2.05, 4.69) is 20.7 Å². The zero-order chi connectivity index (χ0) is 18.1. The number of anilines is 1. The van der Waals surface area contributed by atoms with Crippen molar-refractivity contribution in [3.8, 4) is 0 Å². The number of carbonyl (C=O) groups excluding carboxylic acids is 1. The average molecular weight is 390 g/mol.